The zero-order chi connectivity index (χ0) is 10.7. The van der Waals surface area contributed by atoms with Gasteiger partial charge in [-0.15, -0.1) is 10.2 Å². The van der Waals surface area contributed by atoms with Gasteiger partial charge in [-0.05, 0) is 26.1 Å². The number of hydrogen-bond donors (Lipinski definition) is 1. The van der Waals surface area contributed by atoms with Gasteiger partial charge in [0.2, 0.25) is 0 Å². The lowest BCUT2D eigenvalue weighted by molar-refractivity contribution is 0.547. The van der Waals surface area contributed by atoms with E-state index in [0.717, 1.165) is 34.5 Å². The number of furan rings is 1. The quantitative estimate of drug-likeness (QED) is 0.859. The maximum Gasteiger partial charge on any atom is 0.183 e. The van der Waals surface area contributed by atoms with E-state index in [2.05, 4.69) is 15.5 Å². The van der Waals surface area contributed by atoms with E-state index in [9.17, 15) is 0 Å². The summed E-state index contributed by atoms with van der Waals surface area (Å²) in [6, 6.07) is 3.86. The molecule has 0 aliphatic carbocycles. The molecule has 0 aliphatic heterocycles. The van der Waals surface area contributed by atoms with E-state index < -0.39 is 0 Å². The second-order valence-corrected chi connectivity index (χ2v) is 4.33. The molecule has 0 saturated heterocycles. The fourth-order valence-corrected chi connectivity index (χ4v) is 2.04. The third-order valence-corrected chi connectivity index (χ3v) is 3.00. The van der Waals surface area contributed by atoms with Crippen LogP contribution in [0.15, 0.2) is 16.5 Å². The Balaban J connectivity index is 2.13. The number of aromatic nitrogens is 2. The first kappa shape index (κ1) is 10.3. The van der Waals surface area contributed by atoms with E-state index in [4.69, 9.17) is 4.42 Å². The average Bonchev–Trinajstić information content (AvgIpc) is 2.83. The Bertz CT molecular complexity index is 435. The average molecular weight is 223 g/mol. The largest absolute Gasteiger partial charge is 0.459 e. The molecular weight excluding hydrogens is 210 g/mol. The van der Waals surface area contributed by atoms with E-state index >= 15 is 0 Å². The Hall–Kier alpha value is -1.20. The van der Waals surface area contributed by atoms with Crippen molar-refractivity contribution < 1.29 is 4.42 Å². The number of nitrogens with one attached hydrogen (secondary N) is 1. The Kier molecular flexibility index (Phi) is 3.13. The Morgan fingerprint density at radius 2 is 2.27 bits per heavy atom. The van der Waals surface area contributed by atoms with Gasteiger partial charge in [-0.3, -0.25) is 0 Å². The van der Waals surface area contributed by atoms with Crippen molar-refractivity contribution >= 4 is 11.3 Å². The SMILES string of the molecule is CNCCc1nnc(-c2ccc(C)o2)s1. The lowest BCUT2D eigenvalue weighted by atomic mass is 10.4. The minimum absolute atomic E-state index is 0.806. The molecule has 0 spiro atoms. The van der Waals surface area contributed by atoms with Crippen molar-refractivity contribution in [1.82, 2.24) is 15.5 Å². The van der Waals surface area contributed by atoms with Gasteiger partial charge in [0.1, 0.15) is 10.8 Å². The van der Waals surface area contributed by atoms with Gasteiger partial charge >= 0.3 is 0 Å². The summed E-state index contributed by atoms with van der Waals surface area (Å²) in [5.74, 6) is 1.71. The minimum atomic E-state index is 0.806. The van der Waals surface area contributed by atoms with Gasteiger partial charge < -0.3 is 9.73 Å². The summed E-state index contributed by atoms with van der Waals surface area (Å²) >= 11 is 1.58. The lowest BCUT2D eigenvalue weighted by Crippen LogP contribution is -2.09. The van der Waals surface area contributed by atoms with E-state index in [1.54, 1.807) is 11.3 Å². The number of rotatable bonds is 4. The van der Waals surface area contributed by atoms with Crippen LogP contribution in [0, 0.1) is 6.92 Å². The van der Waals surface area contributed by atoms with Gasteiger partial charge in [-0.1, -0.05) is 11.3 Å². The van der Waals surface area contributed by atoms with E-state index in [-0.39, 0.29) is 0 Å². The molecule has 4 nitrogen and oxygen atoms in total. The second-order valence-electron chi connectivity index (χ2n) is 3.26. The molecule has 0 saturated carbocycles. The molecule has 0 aliphatic rings. The molecule has 0 radical (unpaired) electrons. The van der Waals surface area contributed by atoms with Crippen LogP contribution in [0.25, 0.3) is 10.8 Å². The van der Waals surface area contributed by atoms with Crippen molar-refractivity contribution in [3.8, 4) is 10.8 Å². The fraction of sp³-hybridized carbons (Fsp3) is 0.400. The first-order valence-electron chi connectivity index (χ1n) is 4.83. The van der Waals surface area contributed by atoms with E-state index in [1.165, 1.54) is 0 Å². The monoisotopic (exact) mass is 223 g/mol. The lowest BCUT2D eigenvalue weighted by Gasteiger charge is -1.91. The summed E-state index contributed by atoms with van der Waals surface area (Å²) in [6.45, 7) is 2.85. The van der Waals surface area contributed by atoms with E-state index in [0.29, 0.717) is 0 Å². The van der Waals surface area contributed by atoms with Crippen molar-refractivity contribution in [2.75, 3.05) is 13.6 Å². The number of nitrogens with zero attached hydrogens (tertiary/aromatic N) is 2. The summed E-state index contributed by atoms with van der Waals surface area (Å²) < 4.78 is 5.48. The van der Waals surface area contributed by atoms with Crippen molar-refractivity contribution in [2.24, 2.45) is 0 Å². The molecule has 2 heterocycles. The van der Waals surface area contributed by atoms with Gasteiger partial charge in [0, 0.05) is 13.0 Å². The van der Waals surface area contributed by atoms with Crippen LogP contribution in [0.1, 0.15) is 10.8 Å². The summed E-state index contributed by atoms with van der Waals surface area (Å²) in [5.41, 5.74) is 0. The Morgan fingerprint density at radius 1 is 1.40 bits per heavy atom. The van der Waals surface area contributed by atoms with Crippen LogP contribution in [0.2, 0.25) is 0 Å². The predicted octanol–water partition coefficient (Wildman–Crippen LogP) is 1.87. The van der Waals surface area contributed by atoms with Crippen LogP contribution in [0.3, 0.4) is 0 Å². The highest BCUT2D eigenvalue weighted by Crippen LogP contribution is 2.25. The summed E-state index contributed by atoms with van der Waals surface area (Å²) in [5, 5.41) is 13.2. The van der Waals surface area contributed by atoms with Crippen LogP contribution in [0.4, 0.5) is 0 Å². The molecule has 0 amide bonds. The van der Waals surface area contributed by atoms with Gasteiger partial charge in [0.15, 0.2) is 10.8 Å². The highest BCUT2D eigenvalue weighted by atomic mass is 32.1. The molecule has 0 aromatic carbocycles. The molecule has 2 aromatic heterocycles. The molecule has 2 rings (SSSR count). The maximum absolute atomic E-state index is 5.48. The molecule has 0 bridgehead atoms. The maximum atomic E-state index is 5.48. The highest BCUT2D eigenvalue weighted by molar-refractivity contribution is 7.14. The van der Waals surface area contributed by atoms with E-state index in [1.807, 2.05) is 26.1 Å². The topological polar surface area (TPSA) is 51.0 Å². The molecule has 80 valence electrons. The van der Waals surface area contributed by atoms with Crippen molar-refractivity contribution in [3.63, 3.8) is 0 Å². The predicted molar refractivity (Wildman–Crippen MR) is 60.0 cm³/mol. The number of hydrogen-bond acceptors (Lipinski definition) is 5. The van der Waals surface area contributed by atoms with Gasteiger partial charge in [0.05, 0.1) is 0 Å². The zero-order valence-electron chi connectivity index (χ0n) is 8.78. The summed E-state index contributed by atoms with van der Waals surface area (Å²) in [4.78, 5) is 0. The highest BCUT2D eigenvalue weighted by Gasteiger charge is 2.09. The van der Waals surface area contributed by atoms with Crippen molar-refractivity contribution in [1.29, 1.82) is 0 Å². The molecule has 2 aromatic rings. The molecule has 1 N–H and O–H groups in total. The first-order valence-corrected chi connectivity index (χ1v) is 5.65. The third-order valence-electron chi connectivity index (χ3n) is 2.01. The van der Waals surface area contributed by atoms with Crippen LogP contribution < -0.4 is 5.32 Å². The Labute approximate surface area is 92.3 Å². The normalized spacial score (nSPS) is 10.8. The van der Waals surface area contributed by atoms with Crippen LogP contribution in [0.5, 0.6) is 0 Å². The third kappa shape index (κ3) is 2.43. The van der Waals surface area contributed by atoms with Gasteiger partial charge in [-0.25, -0.2) is 0 Å². The minimum Gasteiger partial charge on any atom is -0.459 e. The fourth-order valence-electron chi connectivity index (χ4n) is 1.24. The first-order chi connectivity index (χ1) is 7.29. The van der Waals surface area contributed by atoms with Gasteiger partial charge in [-0.2, -0.15) is 0 Å². The Morgan fingerprint density at radius 3 is 2.93 bits per heavy atom. The zero-order valence-corrected chi connectivity index (χ0v) is 9.60. The van der Waals surface area contributed by atoms with Crippen LogP contribution in [-0.2, 0) is 6.42 Å². The van der Waals surface area contributed by atoms with Crippen LogP contribution >= 0.6 is 11.3 Å². The van der Waals surface area contributed by atoms with Gasteiger partial charge in [0.25, 0.3) is 0 Å². The molecular formula is C10H13N3OS. The molecule has 0 unspecified atom stereocenters. The van der Waals surface area contributed by atoms with Crippen LogP contribution in [-0.4, -0.2) is 23.8 Å². The standard InChI is InChI=1S/C10H13N3OS/c1-7-3-4-8(14-7)10-13-12-9(15-10)5-6-11-2/h3-4,11H,5-6H2,1-2H3. The summed E-state index contributed by atoms with van der Waals surface area (Å²) in [6.07, 6.45) is 0.911. The number of likely N-dealkylation sites (N-methyl/N-ethyl adjacent to an activating group) is 1. The molecule has 15 heavy (non-hydrogen) atoms. The molecule has 0 atom stereocenters. The summed E-state index contributed by atoms with van der Waals surface area (Å²) in [7, 11) is 1.93. The molecule has 0 fully saturated rings. The van der Waals surface area contributed by atoms with Crippen molar-refractivity contribution in [2.45, 2.75) is 13.3 Å². The second kappa shape index (κ2) is 4.55. The smallest absolute Gasteiger partial charge is 0.183 e. The number of aryl methyl sites for hydroxylation is 1. The molecule has 5 heteroatoms. The van der Waals surface area contributed by atoms with Crippen molar-refractivity contribution in [3.05, 3.63) is 22.9 Å².